The minimum Gasteiger partial charge on any atom is -0.872 e. The van der Waals surface area contributed by atoms with Crippen molar-refractivity contribution < 1.29 is 10.2 Å². The Kier molecular flexibility index (Phi) is 20.1. The largest absolute Gasteiger partial charge is 2.00 e. The summed E-state index contributed by atoms with van der Waals surface area (Å²) in [5, 5.41) is 21.7. The van der Waals surface area contributed by atoms with Crippen LogP contribution in [0.1, 0.15) is 102 Å². The third-order valence-corrected chi connectivity index (χ3v) is 5.48. The van der Waals surface area contributed by atoms with E-state index in [1.165, 1.54) is 88.2 Å². The molecule has 2 nitrogen and oxygen atoms in total. The van der Waals surface area contributed by atoms with E-state index in [1.807, 2.05) is 24.3 Å². The zero-order chi connectivity index (χ0) is 21.9. The predicted octanol–water partition coefficient (Wildman–Crippen LogP) is 6.95. The van der Waals surface area contributed by atoms with Gasteiger partial charge in [0.2, 0.25) is 0 Å². The fraction of sp³-hybridized carbons (Fsp3) is 0.571. The molecule has 0 aliphatic rings. The molecule has 2 aromatic carbocycles. The Morgan fingerprint density at radius 2 is 0.742 bits per heavy atom. The van der Waals surface area contributed by atoms with E-state index in [0.29, 0.717) is 0 Å². The fourth-order valence-electron chi connectivity index (χ4n) is 3.53. The summed E-state index contributed by atoms with van der Waals surface area (Å²) in [5.74, 6) is 0.225. The van der Waals surface area contributed by atoms with Gasteiger partial charge in [-0.25, -0.2) is 0 Å². The van der Waals surface area contributed by atoms with Crippen LogP contribution in [0.25, 0.3) is 0 Å². The number of aryl methyl sites for hydroxylation is 2. The normalized spacial score (nSPS) is 10.1. The van der Waals surface area contributed by atoms with Crippen LogP contribution in [0, 0.1) is 0 Å². The maximum atomic E-state index is 10.9. The van der Waals surface area contributed by atoms with E-state index in [4.69, 9.17) is 0 Å². The van der Waals surface area contributed by atoms with Gasteiger partial charge in [-0.3, -0.25) is 0 Å². The molecule has 0 heterocycles. The van der Waals surface area contributed by atoms with Gasteiger partial charge in [0.15, 0.2) is 0 Å². The summed E-state index contributed by atoms with van der Waals surface area (Å²) in [6, 6.07) is 14.4. The molecule has 0 unspecified atom stereocenters. The molecule has 2 radical (unpaired) electrons. The molecule has 0 amide bonds. The molecule has 2 aromatic rings. The van der Waals surface area contributed by atoms with Crippen molar-refractivity contribution in [1.82, 2.24) is 0 Å². The van der Waals surface area contributed by atoms with Crippen molar-refractivity contribution in [2.24, 2.45) is 0 Å². The summed E-state index contributed by atoms with van der Waals surface area (Å²) in [6.07, 6.45) is 18.2. The van der Waals surface area contributed by atoms with Crippen molar-refractivity contribution in [2.75, 3.05) is 0 Å². The van der Waals surface area contributed by atoms with Gasteiger partial charge in [0.1, 0.15) is 0 Å². The molecule has 0 spiro atoms. The summed E-state index contributed by atoms with van der Waals surface area (Å²) in [6.45, 7) is 4.48. The van der Waals surface area contributed by atoms with Crippen LogP contribution in [-0.4, -0.2) is 27.3 Å². The van der Waals surface area contributed by atoms with Crippen LogP contribution >= 0.6 is 0 Å². The van der Waals surface area contributed by atoms with Gasteiger partial charge < -0.3 is 10.2 Å². The second kappa shape index (κ2) is 20.8. The molecule has 0 fully saturated rings. The van der Waals surface area contributed by atoms with Gasteiger partial charge in [0.05, 0.1) is 0 Å². The Bertz CT molecular complexity index is 565. The third kappa shape index (κ3) is 17.2. The quantitative estimate of drug-likeness (QED) is 0.170. The summed E-state index contributed by atoms with van der Waals surface area (Å²) >= 11 is 0. The number of rotatable bonds is 14. The topological polar surface area (TPSA) is 46.1 Å². The first-order valence-electron chi connectivity index (χ1n) is 12.2. The SMILES string of the molecule is CCCCCCCCc1ccc([O-])cc1.CCCCCCCCc1ccc([O-])cc1.[Pb+2]. The smallest absolute Gasteiger partial charge is 0.872 e. The van der Waals surface area contributed by atoms with Crippen LogP contribution in [0.4, 0.5) is 0 Å². The van der Waals surface area contributed by atoms with Crippen molar-refractivity contribution in [2.45, 2.75) is 104 Å². The summed E-state index contributed by atoms with van der Waals surface area (Å²) < 4.78 is 0. The maximum absolute atomic E-state index is 10.9. The van der Waals surface area contributed by atoms with E-state index in [-0.39, 0.29) is 38.8 Å². The van der Waals surface area contributed by atoms with E-state index in [2.05, 4.69) is 13.8 Å². The molecule has 0 bridgehead atoms. The summed E-state index contributed by atoms with van der Waals surface area (Å²) in [5.41, 5.74) is 2.59. The van der Waals surface area contributed by atoms with E-state index in [9.17, 15) is 10.2 Å². The molecule has 0 N–H and O–H groups in total. The Morgan fingerprint density at radius 1 is 0.452 bits per heavy atom. The zero-order valence-corrected chi connectivity index (χ0v) is 23.7. The Balaban J connectivity index is 0.000000562. The molecular formula is C28H42O2Pb. The van der Waals surface area contributed by atoms with E-state index < -0.39 is 0 Å². The minimum atomic E-state index is 0. The Morgan fingerprint density at radius 3 is 1.06 bits per heavy atom. The second-order valence-corrected chi connectivity index (χ2v) is 8.32. The molecule has 0 aromatic heterocycles. The van der Waals surface area contributed by atoms with Gasteiger partial charge >= 0.3 is 27.3 Å². The van der Waals surface area contributed by atoms with E-state index in [0.717, 1.165) is 12.8 Å². The molecule has 0 aliphatic heterocycles. The fourth-order valence-corrected chi connectivity index (χ4v) is 3.53. The standard InChI is InChI=1S/2C14H22O.Pb/c2*1-2-3-4-5-6-7-8-13-9-11-14(15)12-10-13;/h2*9-12,15H,2-8H2,1H3;/q;;+2/p-2. The first-order valence-corrected chi connectivity index (χ1v) is 12.2. The van der Waals surface area contributed by atoms with E-state index >= 15 is 0 Å². The maximum Gasteiger partial charge on any atom is 2.00 e. The molecule has 0 aliphatic carbocycles. The van der Waals surface area contributed by atoms with Crippen LogP contribution in [0.5, 0.6) is 11.5 Å². The predicted molar refractivity (Wildman–Crippen MR) is 132 cm³/mol. The number of benzene rings is 2. The average molecular weight is 618 g/mol. The van der Waals surface area contributed by atoms with Crippen LogP contribution in [-0.2, 0) is 12.8 Å². The number of hydrogen-bond acceptors (Lipinski definition) is 2. The van der Waals surface area contributed by atoms with Crippen LogP contribution in [0.3, 0.4) is 0 Å². The van der Waals surface area contributed by atoms with Crippen molar-refractivity contribution >= 4 is 27.3 Å². The van der Waals surface area contributed by atoms with Crippen LogP contribution < -0.4 is 10.2 Å². The summed E-state index contributed by atoms with van der Waals surface area (Å²) in [7, 11) is 0. The van der Waals surface area contributed by atoms with Gasteiger partial charge in [-0.05, 0) is 36.8 Å². The first kappa shape index (κ1) is 30.0. The molecule has 2 rings (SSSR count). The van der Waals surface area contributed by atoms with Gasteiger partial charge in [-0.2, -0.15) is 0 Å². The van der Waals surface area contributed by atoms with Gasteiger partial charge in [0, 0.05) is 0 Å². The van der Waals surface area contributed by atoms with Crippen LogP contribution in [0.2, 0.25) is 0 Å². The van der Waals surface area contributed by atoms with E-state index in [1.54, 1.807) is 24.3 Å². The molecular weight excluding hydrogens is 576 g/mol. The van der Waals surface area contributed by atoms with Gasteiger partial charge in [-0.15, -0.1) is 11.5 Å². The average Bonchev–Trinajstić information content (AvgIpc) is 2.76. The first-order chi connectivity index (χ1) is 14.7. The Labute approximate surface area is 211 Å². The molecule has 3 heteroatoms. The molecule has 0 saturated heterocycles. The molecule has 170 valence electrons. The monoisotopic (exact) mass is 618 g/mol. The third-order valence-electron chi connectivity index (χ3n) is 5.48. The second-order valence-electron chi connectivity index (χ2n) is 8.32. The van der Waals surface area contributed by atoms with Crippen molar-refractivity contribution in [3.8, 4) is 11.5 Å². The summed E-state index contributed by atoms with van der Waals surface area (Å²) in [4.78, 5) is 0. The Hall–Kier alpha value is -1.04. The van der Waals surface area contributed by atoms with Crippen LogP contribution in [0.15, 0.2) is 48.5 Å². The molecule has 0 atom stereocenters. The van der Waals surface area contributed by atoms with Gasteiger partial charge in [0.25, 0.3) is 0 Å². The van der Waals surface area contributed by atoms with Crippen molar-refractivity contribution in [3.05, 3.63) is 59.7 Å². The zero-order valence-electron chi connectivity index (χ0n) is 19.8. The number of unbranched alkanes of at least 4 members (excludes halogenated alkanes) is 10. The number of hydrogen-bond donors (Lipinski definition) is 0. The van der Waals surface area contributed by atoms with Crippen molar-refractivity contribution in [3.63, 3.8) is 0 Å². The van der Waals surface area contributed by atoms with Crippen molar-refractivity contribution in [1.29, 1.82) is 0 Å². The minimum absolute atomic E-state index is 0. The van der Waals surface area contributed by atoms with Gasteiger partial charge in [-0.1, -0.05) is 127 Å². The molecule has 31 heavy (non-hydrogen) atoms. The molecule has 0 saturated carbocycles.